The van der Waals surface area contributed by atoms with Gasteiger partial charge in [-0.25, -0.2) is 0 Å². The van der Waals surface area contributed by atoms with Gasteiger partial charge in [-0.1, -0.05) is 54.0 Å². The molecule has 1 fully saturated rings. The predicted molar refractivity (Wildman–Crippen MR) is 102 cm³/mol. The van der Waals surface area contributed by atoms with Crippen molar-refractivity contribution >= 4 is 8.58 Å². The molecule has 2 atom stereocenters. The highest BCUT2D eigenvalue weighted by Crippen LogP contribution is 2.51. The molecule has 0 saturated carbocycles. The average Bonchev–Trinajstić information content (AvgIpc) is 2.50. The van der Waals surface area contributed by atoms with E-state index in [0.29, 0.717) is 0 Å². The third-order valence-corrected chi connectivity index (χ3v) is 7.08. The molecule has 0 aromatic rings. The average molecular weight is 314 g/mol. The number of hydrogen-bond donors (Lipinski definition) is 0. The maximum absolute atomic E-state index is 4.10. The van der Waals surface area contributed by atoms with Crippen molar-refractivity contribution in [3.63, 3.8) is 0 Å². The van der Waals surface area contributed by atoms with E-state index in [2.05, 4.69) is 58.8 Å². The van der Waals surface area contributed by atoms with E-state index in [0.717, 1.165) is 8.58 Å². The van der Waals surface area contributed by atoms with Crippen LogP contribution >= 0.6 is 8.58 Å². The fourth-order valence-electron chi connectivity index (χ4n) is 3.41. The van der Waals surface area contributed by atoms with Crippen LogP contribution in [0.5, 0.6) is 0 Å². The van der Waals surface area contributed by atoms with Crippen molar-refractivity contribution in [2.45, 2.75) is 73.3 Å². The summed E-state index contributed by atoms with van der Waals surface area (Å²) in [6, 6.07) is 0. The third-order valence-electron chi connectivity index (χ3n) is 6.04. The molecule has 1 aliphatic rings. The van der Waals surface area contributed by atoms with Gasteiger partial charge < -0.3 is 0 Å². The van der Waals surface area contributed by atoms with Crippen LogP contribution in [-0.4, -0.2) is 36.4 Å². The van der Waals surface area contributed by atoms with Crippen molar-refractivity contribution in [2.75, 3.05) is 25.9 Å². The summed E-state index contributed by atoms with van der Waals surface area (Å²) in [7, 11) is 1.01. The molecule has 1 saturated heterocycles. The van der Waals surface area contributed by atoms with Crippen molar-refractivity contribution in [1.29, 1.82) is 0 Å². The monoisotopic (exact) mass is 313 g/mol. The van der Waals surface area contributed by atoms with E-state index in [9.17, 15) is 0 Å². The smallest absolute Gasteiger partial charge is 0.0277 e. The third kappa shape index (κ3) is 4.32. The largest absolute Gasteiger partial charge is 0.297 e. The van der Waals surface area contributed by atoms with Crippen LogP contribution in [0.3, 0.4) is 0 Å². The second-order valence-corrected chi connectivity index (χ2v) is 8.46. The number of piperidine rings is 1. The van der Waals surface area contributed by atoms with Crippen molar-refractivity contribution in [2.24, 2.45) is 10.8 Å². The molecule has 2 unspecified atom stereocenters. The Labute approximate surface area is 136 Å². The minimum atomic E-state index is 0.152. The fourth-order valence-corrected chi connectivity index (χ4v) is 4.76. The molecule has 2 heteroatoms. The minimum Gasteiger partial charge on any atom is -0.297 e. The van der Waals surface area contributed by atoms with Gasteiger partial charge >= 0.3 is 0 Å². The van der Waals surface area contributed by atoms with Crippen LogP contribution in [0.1, 0.15) is 67.7 Å². The second-order valence-electron chi connectivity index (χ2n) is 7.40. The zero-order valence-corrected chi connectivity index (χ0v) is 17.0. The molecular weight excluding hydrogens is 273 g/mol. The maximum atomic E-state index is 4.10. The number of nitrogens with zero attached hydrogens (tertiary/aromatic N) is 1. The first-order chi connectivity index (χ1) is 9.73. The van der Waals surface area contributed by atoms with Crippen LogP contribution in [0.25, 0.3) is 0 Å². The topological polar surface area (TPSA) is 3.24 Å². The van der Waals surface area contributed by atoms with Gasteiger partial charge in [0.05, 0.1) is 0 Å². The highest BCUT2D eigenvalue weighted by molar-refractivity contribution is 7.37. The van der Waals surface area contributed by atoms with Crippen molar-refractivity contribution in [3.05, 3.63) is 12.7 Å². The molecule has 1 aliphatic heterocycles. The van der Waals surface area contributed by atoms with Gasteiger partial charge in [0.2, 0.25) is 0 Å². The van der Waals surface area contributed by atoms with Crippen LogP contribution in [0.2, 0.25) is 0 Å². The molecule has 0 amide bonds. The van der Waals surface area contributed by atoms with Crippen molar-refractivity contribution in [1.82, 2.24) is 4.90 Å². The standard InChI is InChI=1S/C17H34NP.C2H6/c1-8-15(2,3)16(4,5)17(6,14-19-7)18-12-10-9-11-13-18;1-2/h8,19H,1,9-14H2,2-7H3;1-2H3. The molecule has 0 aromatic carbocycles. The number of rotatable bonds is 6. The molecular formula is C19H40NP. The number of likely N-dealkylation sites (tertiary alicyclic amines) is 1. The minimum absolute atomic E-state index is 0.152. The molecule has 1 nitrogen and oxygen atoms in total. The predicted octanol–water partition coefficient (Wildman–Crippen LogP) is 5.80. The van der Waals surface area contributed by atoms with Crippen LogP contribution in [-0.2, 0) is 0 Å². The Hall–Kier alpha value is 0.130. The Bertz CT molecular complexity index is 303. The first-order valence-electron chi connectivity index (χ1n) is 8.76. The molecule has 1 heterocycles. The molecule has 0 spiro atoms. The Morgan fingerprint density at radius 2 is 1.48 bits per heavy atom. The molecule has 0 radical (unpaired) electrons. The van der Waals surface area contributed by atoms with Crippen LogP contribution < -0.4 is 0 Å². The fraction of sp³-hybridized carbons (Fsp3) is 0.895. The van der Waals surface area contributed by atoms with E-state index in [-0.39, 0.29) is 16.4 Å². The zero-order chi connectivity index (χ0) is 16.7. The molecule has 0 N–H and O–H groups in total. The number of hydrogen-bond acceptors (Lipinski definition) is 1. The molecule has 0 aliphatic carbocycles. The second kappa shape index (κ2) is 8.68. The lowest BCUT2D eigenvalue weighted by Gasteiger charge is -2.58. The highest BCUT2D eigenvalue weighted by Gasteiger charge is 2.51. The van der Waals surface area contributed by atoms with E-state index < -0.39 is 0 Å². The lowest BCUT2D eigenvalue weighted by atomic mass is 9.57. The molecule has 0 aromatic heterocycles. The number of allylic oxidation sites excluding steroid dienone is 1. The summed E-state index contributed by atoms with van der Waals surface area (Å²) < 4.78 is 0. The van der Waals surface area contributed by atoms with Gasteiger partial charge in [0.15, 0.2) is 0 Å². The lowest BCUT2D eigenvalue weighted by molar-refractivity contribution is -0.0492. The van der Waals surface area contributed by atoms with Gasteiger partial charge in [-0.15, -0.1) is 15.2 Å². The first kappa shape index (κ1) is 21.1. The molecule has 126 valence electrons. The van der Waals surface area contributed by atoms with Crippen molar-refractivity contribution in [3.8, 4) is 0 Å². The van der Waals surface area contributed by atoms with E-state index in [1.165, 1.54) is 38.5 Å². The summed E-state index contributed by atoms with van der Waals surface area (Å²) in [6.07, 6.45) is 7.61. The van der Waals surface area contributed by atoms with Gasteiger partial charge in [-0.3, -0.25) is 4.90 Å². The summed E-state index contributed by atoms with van der Waals surface area (Å²) in [4.78, 5) is 2.78. The first-order valence-corrected chi connectivity index (χ1v) is 10.5. The lowest BCUT2D eigenvalue weighted by Crippen LogP contribution is -2.63. The maximum Gasteiger partial charge on any atom is 0.0277 e. The Morgan fingerprint density at radius 1 is 1.00 bits per heavy atom. The highest BCUT2D eigenvalue weighted by atomic mass is 31.1. The van der Waals surface area contributed by atoms with Crippen LogP contribution in [0.15, 0.2) is 12.7 Å². The van der Waals surface area contributed by atoms with Gasteiger partial charge in [0, 0.05) is 5.54 Å². The van der Waals surface area contributed by atoms with E-state index >= 15 is 0 Å². The Balaban J connectivity index is 0.00000191. The van der Waals surface area contributed by atoms with Gasteiger partial charge in [0.25, 0.3) is 0 Å². The zero-order valence-electron chi connectivity index (χ0n) is 16.0. The summed E-state index contributed by atoms with van der Waals surface area (Å²) in [5, 5.41) is 0. The summed E-state index contributed by atoms with van der Waals surface area (Å²) in [5.74, 6) is 0. The van der Waals surface area contributed by atoms with Gasteiger partial charge in [0.1, 0.15) is 0 Å². The quantitative estimate of drug-likeness (QED) is 0.442. The summed E-state index contributed by atoms with van der Waals surface area (Å²) >= 11 is 0. The summed E-state index contributed by atoms with van der Waals surface area (Å²) in [5.41, 5.74) is 0.652. The molecule has 21 heavy (non-hydrogen) atoms. The SMILES string of the molecule is C=CC(C)(C)C(C)(C)C(C)(CPC)N1CCCCC1.CC. The van der Waals surface area contributed by atoms with Gasteiger partial charge in [-0.2, -0.15) is 0 Å². The van der Waals surface area contributed by atoms with Crippen LogP contribution in [0, 0.1) is 10.8 Å². The Kier molecular flexibility index (Phi) is 8.74. The van der Waals surface area contributed by atoms with E-state index in [1.54, 1.807) is 0 Å². The van der Waals surface area contributed by atoms with Crippen LogP contribution in [0.4, 0.5) is 0 Å². The van der Waals surface area contributed by atoms with Gasteiger partial charge in [-0.05, 0) is 56.5 Å². The van der Waals surface area contributed by atoms with E-state index in [4.69, 9.17) is 0 Å². The molecule has 0 bridgehead atoms. The van der Waals surface area contributed by atoms with E-state index in [1.807, 2.05) is 13.8 Å². The van der Waals surface area contributed by atoms with Crippen molar-refractivity contribution < 1.29 is 0 Å². The molecule has 1 rings (SSSR count). The Morgan fingerprint density at radius 3 is 1.86 bits per heavy atom. The normalized spacial score (nSPS) is 20.8. The summed E-state index contributed by atoms with van der Waals surface area (Å²) in [6.45, 7) is 25.1.